The molecule has 0 saturated carbocycles. The van der Waals surface area contributed by atoms with Gasteiger partial charge in [0.2, 0.25) is 5.95 Å². The number of aromatic nitrogens is 2. The van der Waals surface area contributed by atoms with Crippen LogP contribution in [0.1, 0.15) is 37.2 Å². The molecule has 0 aliphatic heterocycles. The number of ether oxygens (including phenoxy) is 2. The summed E-state index contributed by atoms with van der Waals surface area (Å²) < 4.78 is 10.6. The molecule has 2 rings (SSSR count). The Morgan fingerprint density at radius 3 is 2.41 bits per heavy atom. The van der Waals surface area contributed by atoms with Gasteiger partial charge < -0.3 is 19.7 Å². The maximum Gasteiger partial charge on any atom is 0.272 e. The summed E-state index contributed by atoms with van der Waals surface area (Å²) in [6.07, 6.45) is 3.34. The van der Waals surface area contributed by atoms with Crippen LogP contribution in [0, 0.1) is 0 Å². The number of halogens is 1. The Kier molecular flexibility index (Phi) is 7.67. The summed E-state index contributed by atoms with van der Waals surface area (Å²) in [6, 6.07) is 4.95. The van der Waals surface area contributed by atoms with E-state index in [0.717, 1.165) is 12.8 Å². The fourth-order valence-electron chi connectivity index (χ4n) is 2.63. The second-order valence-electron chi connectivity index (χ2n) is 5.87. The molecule has 0 aliphatic rings. The Labute approximate surface area is 164 Å². The summed E-state index contributed by atoms with van der Waals surface area (Å²) in [5, 5.41) is 3.50. The van der Waals surface area contributed by atoms with Gasteiger partial charge in [0.15, 0.2) is 0 Å². The lowest BCUT2D eigenvalue weighted by Gasteiger charge is -2.21. The van der Waals surface area contributed by atoms with E-state index in [-0.39, 0.29) is 11.9 Å². The van der Waals surface area contributed by atoms with E-state index in [2.05, 4.69) is 15.3 Å². The fourth-order valence-corrected chi connectivity index (χ4v) is 2.86. The van der Waals surface area contributed by atoms with E-state index >= 15 is 0 Å². The first-order chi connectivity index (χ1) is 13.0. The van der Waals surface area contributed by atoms with Gasteiger partial charge in [-0.25, -0.2) is 9.97 Å². The van der Waals surface area contributed by atoms with Crippen LogP contribution >= 0.6 is 11.6 Å². The van der Waals surface area contributed by atoms with Gasteiger partial charge >= 0.3 is 0 Å². The molecule has 2 aromatic rings. The topological polar surface area (TPSA) is 76.6 Å². The standard InChI is InChI=1S/C19H25ClN4O3/c1-5-9-24(10-6-2)18(25)14-7-8-21-19(22-14)23-15-12-16(26-3)13(20)11-17(15)27-4/h7-8,11-12H,5-6,9-10H2,1-4H3,(H,21,22,23). The number of rotatable bonds is 9. The number of carbonyl (C=O) groups excluding carboxylic acids is 1. The van der Waals surface area contributed by atoms with Gasteiger partial charge in [-0.05, 0) is 18.9 Å². The minimum absolute atomic E-state index is 0.107. The Morgan fingerprint density at radius 2 is 1.81 bits per heavy atom. The van der Waals surface area contributed by atoms with Gasteiger partial charge in [0.1, 0.15) is 17.2 Å². The highest BCUT2D eigenvalue weighted by molar-refractivity contribution is 6.32. The number of benzene rings is 1. The second-order valence-corrected chi connectivity index (χ2v) is 6.28. The normalized spacial score (nSPS) is 10.4. The van der Waals surface area contributed by atoms with Crippen LogP contribution in [-0.4, -0.2) is 48.1 Å². The summed E-state index contributed by atoms with van der Waals surface area (Å²) in [5.74, 6) is 1.19. The number of hydrogen-bond donors (Lipinski definition) is 1. The third-order valence-corrected chi connectivity index (χ3v) is 4.16. The molecule has 1 amide bonds. The van der Waals surface area contributed by atoms with Gasteiger partial charge in [-0.3, -0.25) is 4.79 Å². The third-order valence-electron chi connectivity index (χ3n) is 3.87. The van der Waals surface area contributed by atoms with E-state index in [4.69, 9.17) is 21.1 Å². The highest BCUT2D eigenvalue weighted by Gasteiger charge is 2.17. The smallest absolute Gasteiger partial charge is 0.272 e. The summed E-state index contributed by atoms with van der Waals surface area (Å²) in [4.78, 5) is 23.1. The maximum absolute atomic E-state index is 12.7. The lowest BCUT2D eigenvalue weighted by molar-refractivity contribution is 0.0749. The molecule has 1 aromatic heterocycles. The van der Waals surface area contributed by atoms with E-state index < -0.39 is 0 Å². The van der Waals surface area contributed by atoms with Crippen molar-refractivity contribution in [3.05, 3.63) is 35.1 Å². The SMILES string of the molecule is CCCN(CCC)C(=O)c1ccnc(Nc2cc(OC)c(Cl)cc2OC)n1. The molecule has 0 unspecified atom stereocenters. The molecule has 0 bridgehead atoms. The van der Waals surface area contributed by atoms with Crippen LogP contribution in [0.3, 0.4) is 0 Å². The van der Waals surface area contributed by atoms with Crippen molar-refractivity contribution >= 4 is 29.1 Å². The molecule has 1 heterocycles. The van der Waals surface area contributed by atoms with Crippen molar-refractivity contribution in [3.8, 4) is 11.5 Å². The maximum atomic E-state index is 12.7. The fraction of sp³-hybridized carbons (Fsp3) is 0.421. The molecule has 8 heteroatoms. The molecule has 0 atom stereocenters. The molecule has 0 aliphatic carbocycles. The molecule has 0 fully saturated rings. The van der Waals surface area contributed by atoms with E-state index in [0.29, 0.717) is 41.0 Å². The van der Waals surface area contributed by atoms with Gasteiger partial charge in [0, 0.05) is 31.4 Å². The average molecular weight is 393 g/mol. The van der Waals surface area contributed by atoms with Crippen molar-refractivity contribution < 1.29 is 14.3 Å². The van der Waals surface area contributed by atoms with Gasteiger partial charge in [-0.1, -0.05) is 25.4 Å². The molecular weight excluding hydrogens is 368 g/mol. The monoisotopic (exact) mass is 392 g/mol. The first kappa shape index (κ1) is 20.8. The molecule has 1 aromatic carbocycles. The molecule has 0 radical (unpaired) electrons. The first-order valence-electron chi connectivity index (χ1n) is 8.84. The molecule has 27 heavy (non-hydrogen) atoms. The zero-order chi connectivity index (χ0) is 19.8. The van der Waals surface area contributed by atoms with Crippen LogP contribution in [0.4, 0.5) is 11.6 Å². The van der Waals surface area contributed by atoms with E-state index in [9.17, 15) is 4.79 Å². The minimum atomic E-state index is -0.107. The molecule has 0 spiro atoms. The Morgan fingerprint density at radius 1 is 1.15 bits per heavy atom. The quantitative estimate of drug-likeness (QED) is 0.690. The van der Waals surface area contributed by atoms with Gasteiger partial charge in [-0.15, -0.1) is 0 Å². The Balaban J connectivity index is 2.29. The first-order valence-corrected chi connectivity index (χ1v) is 9.22. The molecule has 0 saturated heterocycles. The van der Waals surface area contributed by atoms with Crippen LogP contribution in [0.5, 0.6) is 11.5 Å². The molecule has 146 valence electrons. The highest BCUT2D eigenvalue weighted by Crippen LogP contribution is 2.36. The summed E-state index contributed by atoms with van der Waals surface area (Å²) in [7, 11) is 3.07. The van der Waals surface area contributed by atoms with E-state index in [1.807, 2.05) is 13.8 Å². The van der Waals surface area contributed by atoms with Crippen LogP contribution in [-0.2, 0) is 0 Å². The minimum Gasteiger partial charge on any atom is -0.495 e. The predicted octanol–water partition coefficient (Wildman–Crippen LogP) is 4.15. The van der Waals surface area contributed by atoms with Crippen molar-refractivity contribution in [2.75, 3.05) is 32.6 Å². The van der Waals surface area contributed by atoms with E-state index in [1.54, 1.807) is 29.3 Å². The van der Waals surface area contributed by atoms with Crippen molar-refractivity contribution in [3.63, 3.8) is 0 Å². The van der Waals surface area contributed by atoms with E-state index in [1.165, 1.54) is 14.2 Å². The summed E-state index contributed by atoms with van der Waals surface area (Å²) in [6.45, 7) is 5.48. The number of carbonyl (C=O) groups is 1. The lowest BCUT2D eigenvalue weighted by Crippen LogP contribution is -2.33. The number of amides is 1. The number of methoxy groups -OCH3 is 2. The largest absolute Gasteiger partial charge is 0.495 e. The molecule has 7 nitrogen and oxygen atoms in total. The number of anilines is 2. The van der Waals surface area contributed by atoms with Crippen molar-refractivity contribution in [1.29, 1.82) is 0 Å². The summed E-state index contributed by atoms with van der Waals surface area (Å²) in [5.41, 5.74) is 0.927. The van der Waals surface area contributed by atoms with Crippen molar-refractivity contribution in [1.82, 2.24) is 14.9 Å². The Bertz CT molecular complexity index is 780. The third kappa shape index (κ3) is 5.23. The van der Waals surface area contributed by atoms with Crippen LogP contribution in [0.25, 0.3) is 0 Å². The van der Waals surface area contributed by atoms with Crippen LogP contribution < -0.4 is 14.8 Å². The average Bonchev–Trinajstić information content (AvgIpc) is 2.68. The van der Waals surface area contributed by atoms with Crippen molar-refractivity contribution in [2.24, 2.45) is 0 Å². The number of nitrogens with one attached hydrogen (secondary N) is 1. The van der Waals surface area contributed by atoms with Crippen molar-refractivity contribution in [2.45, 2.75) is 26.7 Å². The molecule has 1 N–H and O–H groups in total. The predicted molar refractivity (Wildman–Crippen MR) is 106 cm³/mol. The highest BCUT2D eigenvalue weighted by atomic mass is 35.5. The Hall–Kier alpha value is -2.54. The zero-order valence-electron chi connectivity index (χ0n) is 16.1. The molecular formula is C19H25ClN4O3. The summed E-state index contributed by atoms with van der Waals surface area (Å²) >= 11 is 6.13. The van der Waals surface area contributed by atoms with Gasteiger partial charge in [-0.2, -0.15) is 0 Å². The van der Waals surface area contributed by atoms with Crippen LogP contribution in [0.15, 0.2) is 24.4 Å². The van der Waals surface area contributed by atoms with Crippen LogP contribution in [0.2, 0.25) is 5.02 Å². The lowest BCUT2D eigenvalue weighted by atomic mass is 10.2. The number of nitrogens with zero attached hydrogens (tertiary/aromatic N) is 3. The van der Waals surface area contributed by atoms with Gasteiger partial charge in [0.05, 0.1) is 24.9 Å². The zero-order valence-corrected chi connectivity index (χ0v) is 16.8. The number of hydrogen-bond acceptors (Lipinski definition) is 6. The van der Waals surface area contributed by atoms with Gasteiger partial charge in [0.25, 0.3) is 5.91 Å². The second kappa shape index (κ2) is 9.97.